The fourth-order valence-electron chi connectivity index (χ4n) is 1.03. The van der Waals surface area contributed by atoms with Crippen LogP contribution in [-0.4, -0.2) is 19.1 Å². The van der Waals surface area contributed by atoms with E-state index in [2.05, 4.69) is 28.5 Å². The Balaban J connectivity index is 2.70. The van der Waals surface area contributed by atoms with Gasteiger partial charge in [-0.25, -0.2) is 4.99 Å². The van der Waals surface area contributed by atoms with Crippen LogP contribution < -0.4 is 5.43 Å². The molecule has 1 N–H and O–H groups in total. The molecule has 1 heterocycles. The van der Waals surface area contributed by atoms with Crippen LogP contribution in [0.4, 0.5) is 0 Å². The molecule has 0 spiro atoms. The average molecular weight is 151 g/mol. The number of hydrogen-bond acceptors (Lipinski definition) is 2. The number of dihydropyridines is 1. The van der Waals surface area contributed by atoms with E-state index in [0.717, 1.165) is 12.3 Å². The Kier molecular flexibility index (Phi) is 2.83. The lowest BCUT2D eigenvalue weighted by Gasteiger charge is -2.11. The van der Waals surface area contributed by atoms with Crippen LogP contribution in [0.3, 0.4) is 0 Å². The van der Waals surface area contributed by atoms with Gasteiger partial charge in [-0.1, -0.05) is 13.0 Å². The van der Waals surface area contributed by atoms with E-state index in [9.17, 15) is 0 Å². The Morgan fingerprint density at radius 1 is 1.73 bits per heavy atom. The number of nitrogens with zero attached hydrogens (tertiary/aromatic N) is 2. The predicted octanol–water partition coefficient (Wildman–Crippen LogP) is 1.19. The minimum absolute atomic E-state index is 0.382. The Hall–Kier alpha value is -1.12. The minimum atomic E-state index is 0.382. The van der Waals surface area contributed by atoms with Crippen LogP contribution in [0.1, 0.15) is 13.3 Å². The molecule has 0 bridgehead atoms. The van der Waals surface area contributed by atoms with Crippen LogP contribution in [0.5, 0.6) is 0 Å². The van der Waals surface area contributed by atoms with Gasteiger partial charge in [0.15, 0.2) is 5.84 Å². The molecule has 0 aromatic rings. The maximum absolute atomic E-state index is 4.15. The normalized spacial score (nSPS) is 26.0. The molecule has 1 atom stereocenters. The lowest BCUT2D eigenvalue weighted by molar-refractivity contribution is 0.778. The summed E-state index contributed by atoms with van der Waals surface area (Å²) >= 11 is 0. The number of hydrogen-bond donors (Lipinski definition) is 1. The fourth-order valence-corrected chi connectivity index (χ4v) is 1.03. The Morgan fingerprint density at radius 3 is 3.18 bits per heavy atom. The monoisotopic (exact) mass is 151 g/mol. The van der Waals surface area contributed by atoms with Crippen molar-refractivity contribution in [2.75, 3.05) is 7.05 Å². The lowest BCUT2D eigenvalue weighted by Crippen LogP contribution is -2.15. The summed E-state index contributed by atoms with van der Waals surface area (Å²) < 4.78 is 0. The summed E-state index contributed by atoms with van der Waals surface area (Å²) in [4.78, 5) is 4.15. The predicted molar refractivity (Wildman–Crippen MR) is 47.9 cm³/mol. The van der Waals surface area contributed by atoms with Gasteiger partial charge in [-0.2, -0.15) is 5.10 Å². The van der Waals surface area contributed by atoms with Crippen LogP contribution >= 0.6 is 0 Å². The van der Waals surface area contributed by atoms with Crippen molar-refractivity contribution in [3.63, 3.8) is 0 Å². The zero-order valence-corrected chi connectivity index (χ0v) is 6.91. The van der Waals surface area contributed by atoms with Gasteiger partial charge in [-0.05, 0) is 12.5 Å². The molecule has 0 aliphatic carbocycles. The highest BCUT2D eigenvalue weighted by Gasteiger charge is 2.10. The van der Waals surface area contributed by atoms with Crippen LogP contribution in [0.15, 0.2) is 22.2 Å². The molecule has 1 aliphatic heterocycles. The van der Waals surface area contributed by atoms with Crippen molar-refractivity contribution >= 4 is 12.1 Å². The van der Waals surface area contributed by atoms with Gasteiger partial charge in [-0.15, -0.1) is 0 Å². The van der Waals surface area contributed by atoms with E-state index < -0.39 is 0 Å². The smallest absolute Gasteiger partial charge is 0.154 e. The first-order valence-corrected chi connectivity index (χ1v) is 3.83. The Morgan fingerprint density at radius 2 is 2.55 bits per heavy atom. The maximum atomic E-state index is 4.15. The molecule has 0 aromatic heterocycles. The second-order valence-corrected chi connectivity index (χ2v) is 2.37. The zero-order chi connectivity index (χ0) is 8.10. The Bertz CT molecular complexity index is 203. The third-order valence-corrected chi connectivity index (χ3v) is 1.63. The summed E-state index contributed by atoms with van der Waals surface area (Å²) in [6, 6.07) is 0. The molecule has 0 radical (unpaired) electrons. The van der Waals surface area contributed by atoms with E-state index in [1.165, 1.54) is 0 Å². The molecular weight excluding hydrogens is 138 g/mol. The van der Waals surface area contributed by atoms with E-state index in [0.29, 0.717) is 5.92 Å². The van der Waals surface area contributed by atoms with Crippen molar-refractivity contribution in [2.24, 2.45) is 16.0 Å². The molecular formula is C8H13N3. The summed E-state index contributed by atoms with van der Waals surface area (Å²) in [6.07, 6.45) is 6.89. The van der Waals surface area contributed by atoms with Crippen LogP contribution in [-0.2, 0) is 0 Å². The molecule has 0 amide bonds. The molecule has 1 rings (SSSR count). The molecule has 11 heavy (non-hydrogen) atoms. The van der Waals surface area contributed by atoms with E-state index in [-0.39, 0.29) is 0 Å². The number of nitrogens with one attached hydrogen (secondary N) is 1. The van der Waals surface area contributed by atoms with E-state index in [1.807, 2.05) is 6.08 Å². The van der Waals surface area contributed by atoms with Crippen LogP contribution in [0, 0.1) is 5.92 Å². The van der Waals surface area contributed by atoms with E-state index >= 15 is 0 Å². The standard InChI is InChI=1S/C8H13N3/c1-3-7-5-4-6-10-8(7)11-9-2/h4-7,9H,3H2,1-2H3/b11-8+. The summed E-state index contributed by atoms with van der Waals surface area (Å²) in [5, 5.41) is 4.05. The molecule has 60 valence electrons. The van der Waals surface area contributed by atoms with Crippen molar-refractivity contribution in [3.8, 4) is 0 Å². The summed E-state index contributed by atoms with van der Waals surface area (Å²) in [5.41, 5.74) is 2.74. The first kappa shape index (κ1) is 7.98. The Labute approximate surface area is 66.9 Å². The van der Waals surface area contributed by atoms with Crippen molar-refractivity contribution in [2.45, 2.75) is 13.3 Å². The van der Waals surface area contributed by atoms with Crippen molar-refractivity contribution < 1.29 is 0 Å². The zero-order valence-electron chi connectivity index (χ0n) is 6.91. The van der Waals surface area contributed by atoms with Crippen molar-refractivity contribution in [3.05, 3.63) is 12.2 Å². The third-order valence-electron chi connectivity index (χ3n) is 1.63. The highest BCUT2D eigenvalue weighted by atomic mass is 15.3. The summed E-state index contributed by atoms with van der Waals surface area (Å²) in [5.74, 6) is 1.25. The summed E-state index contributed by atoms with van der Waals surface area (Å²) in [6.45, 7) is 2.13. The second kappa shape index (κ2) is 3.91. The summed E-state index contributed by atoms with van der Waals surface area (Å²) in [7, 11) is 1.79. The molecule has 3 nitrogen and oxygen atoms in total. The van der Waals surface area contributed by atoms with Gasteiger partial charge in [0.25, 0.3) is 0 Å². The van der Waals surface area contributed by atoms with Crippen LogP contribution in [0.25, 0.3) is 0 Å². The maximum Gasteiger partial charge on any atom is 0.154 e. The number of allylic oxidation sites excluding steroid dienone is 1. The van der Waals surface area contributed by atoms with Gasteiger partial charge in [0.2, 0.25) is 0 Å². The van der Waals surface area contributed by atoms with Crippen LogP contribution in [0.2, 0.25) is 0 Å². The molecule has 0 fully saturated rings. The molecule has 3 heteroatoms. The molecule has 0 saturated heterocycles. The van der Waals surface area contributed by atoms with Gasteiger partial charge in [0.1, 0.15) is 0 Å². The second-order valence-electron chi connectivity index (χ2n) is 2.37. The quantitative estimate of drug-likeness (QED) is 0.591. The molecule has 1 unspecified atom stereocenters. The van der Waals surface area contributed by atoms with E-state index in [4.69, 9.17) is 0 Å². The largest absolute Gasteiger partial charge is 0.311 e. The first-order valence-electron chi connectivity index (χ1n) is 3.83. The van der Waals surface area contributed by atoms with Gasteiger partial charge in [-0.3, -0.25) is 0 Å². The highest BCUT2D eigenvalue weighted by molar-refractivity contribution is 5.97. The lowest BCUT2D eigenvalue weighted by atomic mass is 10.0. The SMILES string of the molecule is CCC1C=CC=N/C1=N/NC. The number of aliphatic imine (C=N–C) groups is 1. The van der Waals surface area contributed by atoms with Crippen molar-refractivity contribution in [1.29, 1.82) is 0 Å². The number of rotatable bonds is 2. The first-order chi connectivity index (χ1) is 5.38. The van der Waals surface area contributed by atoms with Gasteiger partial charge < -0.3 is 5.43 Å². The number of hydrazone groups is 1. The molecule has 1 aliphatic rings. The highest BCUT2D eigenvalue weighted by Crippen LogP contribution is 2.10. The fraction of sp³-hybridized carbons (Fsp3) is 0.500. The topological polar surface area (TPSA) is 36.8 Å². The van der Waals surface area contributed by atoms with Gasteiger partial charge in [0, 0.05) is 19.2 Å². The third kappa shape index (κ3) is 1.90. The number of amidine groups is 1. The van der Waals surface area contributed by atoms with Crippen molar-refractivity contribution in [1.82, 2.24) is 5.43 Å². The van der Waals surface area contributed by atoms with E-state index in [1.54, 1.807) is 13.3 Å². The molecule has 0 saturated carbocycles. The van der Waals surface area contributed by atoms with Gasteiger partial charge in [0.05, 0.1) is 0 Å². The molecule has 0 aromatic carbocycles. The minimum Gasteiger partial charge on any atom is -0.311 e. The average Bonchev–Trinajstić information content (AvgIpc) is 2.06. The van der Waals surface area contributed by atoms with Gasteiger partial charge >= 0.3 is 0 Å².